The lowest BCUT2D eigenvalue weighted by Crippen LogP contribution is -2.06. The predicted molar refractivity (Wildman–Crippen MR) is 83.5 cm³/mol. The molecule has 0 radical (unpaired) electrons. The fraction of sp³-hybridized carbons (Fsp3) is 0.250. The maximum atomic E-state index is 5.85. The highest BCUT2D eigenvalue weighted by Crippen LogP contribution is 2.31. The molecule has 0 atom stereocenters. The van der Waals surface area contributed by atoms with Crippen molar-refractivity contribution in [2.24, 2.45) is 5.73 Å². The average molecular weight is 289 g/mol. The van der Waals surface area contributed by atoms with Gasteiger partial charge in [-0.2, -0.15) is 0 Å². The standard InChI is InChI=1S/C16H19NO2S/c1-18-15-9-5-6-13(12-17)16(15)19-10-11-20-14-7-3-2-4-8-14/h2-9H,10-12,17H2,1H3. The van der Waals surface area contributed by atoms with Crippen LogP contribution in [0.15, 0.2) is 53.4 Å². The Labute approximate surface area is 124 Å². The number of hydrogen-bond acceptors (Lipinski definition) is 4. The fourth-order valence-corrected chi connectivity index (χ4v) is 2.62. The van der Waals surface area contributed by atoms with Crippen molar-refractivity contribution >= 4 is 11.8 Å². The highest BCUT2D eigenvalue weighted by molar-refractivity contribution is 7.99. The van der Waals surface area contributed by atoms with E-state index >= 15 is 0 Å². The molecule has 0 spiro atoms. The van der Waals surface area contributed by atoms with Crippen molar-refractivity contribution in [2.45, 2.75) is 11.4 Å². The first-order valence-corrected chi connectivity index (χ1v) is 7.50. The molecule has 106 valence electrons. The minimum Gasteiger partial charge on any atom is -0.493 e. The van der Waals surface area contributed by atoms with Crippen molar-refractivity contribution in [2.75, 3.05) is 19.5 Å². The fourth-order valence-electron chi connectivity index (χ4n) is 1.87. The van der Waals surface area contributed by atoms with E-state index in [9.17, 15) is 0 Å². The van der Waals surface area contributed by atoms with Gasteiger partial charge in [-0.25, -0.2) is 0 Å². The van der Waals surface area contributed by atoms with E-state index in [1.807, 2.05) is 36.4 Å². The Balaban J connectivity index is 1.90. The van der Waals surface area contributed by atoms with E-state index in [2.05, 4.69) is 12.1 Å². The molecule has 0 amide bonds. The third kappa shape index (κ3) is 3.92. The van der Waals surface area contributed by atoms with Crippen molar-refractivity contribution in [1.82, 2.24) is 0 Å². The molecule has 0 bridgehead atoms. The van der Waals surface area contributed by atoms with Crippen LogP contribution < -0.4 is 15.2 Å². The Bertz CT molecular complexity index is 509. The third-order valence-electron chi connectivity index (χ3n) is 2.84. The highest BCUT2D eigenvalue weighted by atomic mass is 32.2. The molecule has 0 saturated heterocycles. The van der Waals surface area contributed by atoms with Gasteiger partial charge in [-0.05, 0) is 18.2 Å². The van der Waals surface area contributed by atoms with Gasteiger partial charge < -0.3 is 15.2 Å². The minimum absolute atomic E-state index is 0.443. The Hall–Kier alpha value is -1.65. The zero-order valence-electron chi connectivity index (χ0n) is 11.5. The average Bonchev–Trinajstić information content (AvgIpc) is 2.52. The van der Waals surface area contributed by atoms with Crippen LogP contribution in [0.2, 0.25) is 0 Å². The van der Waals surface area contributed by atoms with E-state index < -0.39 is 0 Å². The van der Waals surface area contributed by atoms with Crippen LogP contribution in [-0.4, -0.2) is 19.5 Å². The lowest BCUT2D eigenvalue weighted by atomic mass is 10.2. The molecule has 0 unspecified atom stereocenters. The van der Waals surface area contributed by atoms with Gasteiger partial charge >= 0.3 is 0 Å². The summed E-state index contributed by atoms with van der Waals surface area (Å²) in [4.78, 5) is 1.25. The number of rotatable bonds is 7. The first-order chi connectivity index (χ1) is 9.85. The van der Waals surface area contributed by atoms with Crippen LogP contribution in [0, 0.1) is 0 Å². The summed E-state index contributed by atoms with van der Waals surface area (Å²) in [5, 5.41) is 0. The summed E-state index contributed by atoms with van der Waals surface area (Å²) in [5.41, 5.74) is 6.70. The van der Waals surface area contributed by atoms with Crippen molar-refractivity contribution in [3.05, 3.63) is 54.1 Å². The maximum Gasteiger partial charge on any atom is 0.165 e. The van der Waals surface area contributed by atoms with Crippen LogP contribution in [0.25, 0.3) is 0 Å². The Morgan fingerprint density at radius 1 is 1.05 bits per heavy atom. The number of methoxy groups -OCH3 is 1. The van der Waals surface area contributed by atoms with Gasteiger partial charge in [-0.1, -0.05) is 30.3 Å². The lowest BCUT2D eigenvalue weighted by Gasteiger charge is -2.14. The molecular formula is C16H19NO2S. The van der Waals surface area contributed by atoms with Gasteiger partial charge in [0.1, 0.15) is 0 Å². The molecular weight excluding hydrogens is 270 g/mol. The van der Waals surface area contributed by atoms with E-state index in [4.69, 9.17) is 15.2 Å². The van der Waals surface area contributed by atoms with Gasteiger partial charge in [0.2, 0.25) is 0 Å². The number of benzene rings is 2. The zero-order valence-corrected chi connectivity index (χ0v) is 12.4. The Morgan fingerprint density at radius 3 is 2.55 bits per heavy atom. The maximum absolute atomic E-state index is 5.85. The van der Waals surface area contributed by atoms with Crippen LogP contribution in [-0.2, 0) is 6.54 Å². The molecule has 0 aromatic heterocycles. The zero-order chi connectivity index (χ0) is 14.2. The van der Waals surface area contributed by atoms with Crippen molar-refractivity contribution in [1.29, 1.82) is 0 Å². The van der Waals surface area contributed by atoms with Gasteiger partial charge in [0.25, 0.3) is 0 Å². The van der Waals surface area contributed by atoms with E-state index in [1.54, 1.807) is 18.9 Å². The van der Waals surface area contributed by atoms with E-state index in [-0.39, 0.29) is 0 Å². The molecule has 0 aliphatic heterocycles. The summed E-state index contributed by atoms with van der Waals surface area (Å²) in [5.74, 6) is 2.37. The van der Waals surface area contributed by atoms with Crippen molar-refractivity contribution in [3.8, 4) is 11.5 Å². The van der Waals surface area contributed by atoms with Gasteiger partial charge in [0.15, 0.2) is 11.5 Å². The number of ether oxygens (including phenoxy) is 2. The van der Waals surface area contributed by atoms with Crippen LogP contribution in [0.5, 0.6) is 11.5 Å². The topological polar surface area (TPSA) is 44.5 Å². The highest BCUT2D eigenvalue weighted by Gasteiger charge is 2.09. The molecule has 2 aromatic rings. The summed E-state index contributed by atoms with van der Waals surface area (Å²) in [6.07, 6.45) is 0. The summed E-state index contributed by atoms with van der Waals surface area (Å²) in [7, 11) is 1.64. The van der Waals surface area contributed by atoms with E-state index in [1.165, 1.54) is 4.90 Å². The Kier molecular flexibility index (Phi) is 5.77. The molecule has 3 nitrogen and oxygen atoms in total. The number of hydrogen-bond donors (Lipinski definition) is 1. The van der Waals surface area contributed by atoms with Gasteiger partial charge in [0.05, 0.1) is 13.7 Å². The van der Waals surface area contributed by atoms with Crippen LogP contribution in [0.1, 0.15) is 5.56 Å². The van der Waals surface area contributed by atoms with Gasteiger partial charge in [-0.3, -0.25) is 0 Å². The number of thioether (sulfide) groups is 1. The van der Waals surface area contributed by atoms with Crippen LogP contribution in [0.3, 0.4) is 0 Å². The second-order valence-corrected chi connectivity index (χ2v) is 5.33. The molecule has 0 heterocycles. The third-order valence-corrected chi connectivity index (χ3v) is 3.82. The second-order valence-electron chi connectivity index (χ2n) is 4.16. The number of nitrogens with two attached hydrogens (primary N) is 1. The molecule has 0 fully saturated rings. The van der Waals surface area contributed by atoms with E-state index in [0.29, 0.717) is 13.2 Å². The normalized spacial score (nSPS) is 10.3. The summed E-state index contributed by atoms with van der Waals surface area (Å²) in [6, 6.07) is 16.1. The summed E-state index contributed by atoms with van der Waals surface area (Å²) >= 11 is 1.77. The second kappa shape index (κ2) is 7.82. The van der Waals surface area contributed by atoms with Crippen molar-refractivity contribution < 1.29 is 9.47 Å². The van der Waals surface area contributed by atoms with Crippen LogP contribution >= 0.6 is 11.8 Å². The van der Waals surface area contributed by atoms with Gasteiger partial charge in [0, 0.05) is 22.8 Å². The quantitative estimate of drug-likeness (QED) is 0.627. The smallest absolute Gasteiger partial charge is 0.165 e. The lowest BCUT2D eigenvalue weighted by molar-refractivity contribution is 0.310. The monoisotopic (exact) mass is 289 g/mol. The minimum atomic E-state index is 0.443. The predicted octanol–water partition coefficient (Wildman–Crippen LogP) is 3.33. The molecule has 0 aliphatic carbocycles. The summed E-state index contributed by atoms with van der Waals surface area (Å²) in [6.45, 7) is 1.06. The molecule has 0 aliphatic rings. The Morgan fingerprint density at radius 2 is 1.85 bits per heavy atom. The summed E-state index contributed by atoms with van der Waals surface area (Å²) < 4.78 is 11.2. The van der Waals surface area contributed by atoms with Crippen molar-refractivity contribution in [3.63, 3.8) is 0 Å². The molecule has 20 heavy (non-hydrogen) atoms. The molecule has 4 heteroatoms. The van der Waals surface area contributed by atoms with E-state index in [0.717, 1.165) is 22.8 Å². The largest absolute Gasteiger partial charge is 0.493 e. The molecule has 0 saturated carbocycles. The van der Waals surface area contributed by atoms with Crippen LogP contribution in [0.4, 0.5) is 0 Å². The molecule has 2 rings (SSSR count). The molecule has 2 N–H and O–H groups in total. The first kappa shape index (κ1) is 14.8. The SMILES string of the molecule is COc1cccc(CN)c1OCCSc1ccccc1. The number of para-hydroxylation sites is 1. The van der Waals surface area contributed by atoms with Gasteiger partial charge in [-0.15, -0.1) is 11.8 Å². The first-order valence-electron chi connectivity index (χ1n) is 6.51. The molecule has 2 aromatic carbocycles.